The minimum Gasteiger partial charge on any atom is -0.442 e. The van der Waals surface area contributed by atoms with Crippen molar-refractivity contribution in [2.75, 3.05) is 24.7 Å². The molecule has 3 aliphatic rings. The number of amides is 1. The Kier molecular flexibility index (Phi) is 4.09. The molecule has 6 rings (SSSR count). The molecular weight excluding hydrogens is 396 g/mol. The van der Waals surface area contributed by atoms with Crippen LogP contribution in [0.4, 0.5) is 10.5 Å². The van der Waals surface area contributed by atoms with E-state index in [1.165, 1.54) is 0 Å². The molecule has 2 aliphatic heterocycles. The molecule has 1 aliphatic carbocycles. The van der Waals surface area contributed by atoms with Crippen LogP contribution < -0.4 is 10.6 Å². The minimum atomic E-state index is -0.351. The largest absolute Gasteiger partial charge is 0.442 e. The summed E-state index contributed by atoms with van der Waals surface area (Å²) in [6, 6.07) is 11.9. The zero-order chi connectivity index (χ0) is 21.0. The zero-order valence-electron chi connectivity index (χ0n) is 16.8. The van der Waals surface area contributed by atoms with Crippen LogP contribution in [0.15, 0.2) is 55.0 Å². The summed E-state index contributed by atoms with van der Waals surface area (Å²) in [6.45, 7) is 2.41. The van der Waals surface area contributed by atoms with Crippen molar-refractivity contribution in [3.8, 4) is 11.1 Å². The first-order chi connectivity index (χ1) is 15.1. The first kappa shape index (κ1) is 18.5. The van der Waals surface area contributed by atoms with Gasteiger partial charge in [0, 0.05) is 35.5 Å². The maximum Gasteiger partial charge on any atom is 0.414 e. The minimum absolute atomic E-state index is 0.262. The molecule has 2 saturated heterocycles. The Morgan fingerprint density at radius 1 is 1.10 bits per heavy atom. The Bertz CT molecular complexity index is 1090. The molecule has 158 valence electrons. The highest BCUT2D eigenvalue weighted by Gasteiger charge is 2.66. The van der Waals surface area contributed by atoms with Gasteiger partial charge in [0.05, 0.1) is 43.7 Å². The number of fused-ring (bicyclic) bond motifs is 1. The third-order valence-corrected chi connectivity index (χ3v) is 6.65. The van der Waals surface area contributed by atoms with E-state index in [1.54, 1.807) is 22.0 Å². The summed E-state index contributed by atoms with van der Waals surface area (Å²) in [4.78, 5) is 18.6. The predicted octanol–water partition coefficient (Wildman–Crippen LogP) is 1.80. The Morgan fingerprint density at radius 3 is 2.55 bits per heavy atom. The molecule has 9 nitrogen and oxygen atoms in total. The Hall–Kier alpha value is -3.30. The van der Waals surface area contributed by atoms with E-state index in [0.29, 0.717) is 24.9 Å². The van der Waals surface area contributed by atoms with E-state index in [-0.39, 0.29) is 17.7 Å². The van der Waals surface area contributed by atoms with Gasteiger partial charge in [-0.1, -0.05) is 23.4 Å². The highest BCUT2D eigenvalue weighted by atomic mass is 16.6. The molecule has 0 bridgehead atoms. The molecule has 2 unspecified atom stereocenters. The van der Waals surface area contributed by atoms with Gasteiger partial charge in [-0.2, -0.15) is 0 Å². The van der Waals surface area contributed by atoms with Crippen molar-refractivity contribution < 1.29 is 14.3 Å². The van der Waals surface area contributed by atoms with Crippen molar-refractivity contribution in [1.82, 2.24) is 20.0 Å². The van der Waals surface area contributed by atoms with Gasteiger partial charge < -0.3 is 15.2 Å². The van der Waals surface area contributed by atoms with Crippen LogP contribution in [0.5, 0.6) is 0 Å². The van der Waals surface area contributed by atoms with Crippen LogP contribution >= 0.6 is 0 Å². The van der Waals surface area contributed by atoms with E-state index in [9.17, 15) is 4.79 Å². The average molecular weight is 418 g/mol. The number of aromatic nitrogens is 4. The number of hydrogen-bond acceptors (Lipinski definition) is 7. The number of hydrogen-bond donors (Lipinski definition) is 1. The van der Waals surface area contributed by atoms with Gasteiger partial charge in [-0.15, -0.1) is 5.10 Å². The van der Waals surface area contributed by atoms with Crippen LogP contribution in [0, 0.1) is 11.8 Å². The molecule has 9 heteroatoms. The quantitative estimate of drug-likeness (QED) is 0.673. The van der Waals surface area contributed by atoms with Crippen LogP contribution in [0.2, 0.25) is 0 Å². The van der Waals surface area contributed by atoms with E-state index in [4.69, 9.17) is 15.2 Å². The number of rotatable bonds is 5. The summed E-state index contributed by atoms with van der Waals surface area (Å²) in [5.74, 6) is 0.775. The van der Waals surface area contributed by atoms with Crippen molar-refractivity contribution in [2.45, 2.75) is 18.2 Å². The molecule has 3 atom stereocenters. The lowest BCUT2D eigenvalue weighted by Crippen LogP contribution is -2.29. The maximum atomic E-state index is 12.3. The first-order valence-electron chi connectivity index (χ1n) is 10.4. The van der Waals surface area contributed by atoms with Crippen molar-refractivity contribution >= 4 is 11.8 Å². The van der Waals surface area contributed by atoms with Crippen molar-refractivity contribution in [3.63, 3.8) is 0 Å². The Balaban J connectivity index is 1.15. The Labute approximate surface area is 178 Å². The Morgan fingerprint density at radius 2 is 1.87 bits per heavy atom. The lowest BCUT2D eigenvalue weighted by atomic mass is 10.0. The number of ether oxygens (including phenoxy) is 2. The number of anilines is 1. The predicted molar refractivity (Wildman–Crippen MR) is 111 cm³/mol. The molecule has 3 fully saturated rings. The number of carbonyl (C=O) groups excluding carboxylic acids is 1. The van der Waals surface area contributed by atoms with Crippen LogP contribution in [-0.2, 0) is 21.6 Å². The van der Waals surface area contributed by atoms with Gasteiger partial charge in [0.2, 0.25) is 0 Å². The summed E-state index contributed by atoms with van der Waals surface area (Å²) < 4.78 is 12.6. The van der Waals surface area contributed by atoms with Gasteiger partial charge in [0.25, 0.3) is 0 Å². The molecule has 31 heavy (non-hydrogen) atoms. The summed E-state index contributed by atoms with van der Waals surface area (Å²) in [5, 5.41) is 7.70. The first-order valence-corrected chi connectivity index (χ1v) is 10.4. The second-order valence-corrected chi connectivity index (χ2v) is 8.40. The number of cyclic esters (lactones) is 1. The van der Waals surface area contributed by atoms with Crippen LogP contribution in [0.3, 0.4) is 0 Å². The zero-order valence-corrected chi connectivity index (χ0v) is 16.8. The van der Waals surface area contributed by atoms with Crippen molar-refractivity contribution in [3.05, 3.63) is 60.7 Å². The number of nitrogens with zero attached hydrogens (tertiary/aromatic N) is 5. The van der Waals surface area contributed by atoms with Gasteiger partial charge in [-0.05, 0) is 23.8 Å². The van der Waals surface area contributed by atoms with E-state index >= 15 is 0 Å². The standard InChI is InChI=1S/C22H22N6O3/c23-22(18-12-30-13-19(18)22)20-6-3-15(9-24-20)14-1-4-16(5-2-14)28-11-17(31-21(28)29)10-27-8-7-25-26-27/h1-9,17-19H,10-13,23H2/t17-,18?,19?,22?/m0/s1. The second kappa shape index (κ2) is 6.86. The number of carbonyl (C=O) groups is 1. The maximum absolute atomic E-state index is 12.3. The third kappa shape index (κ3) is 3.00. The molecule has 1 saturated carbocycles. The molecule has 1 aromatic carbocycles. The summed E-state index contributed by atoms with van der Waals surface area (Å²) in [6.07, 6.45) is 4.61. The normalized spacial score (nSPS) is 29.1. The van der Waals surface area contributed by atoms with Crippen molar-refractivity contribution in [1.29, 1.82) is 0 Å². The molecule has 2 N–H and O–H groups in total. The van der Waals surface area contributed by atoms with Gasteiger partial charge in [-0.25, -0.2) is 9.48 Å². The van der Waals surface area contributed by atoms with Gasteiger partial charge in [0.15, 0.2) is 0 Å². The molecule has 1 amide bonds. The second-order valence-electron chi connectivity index (χ2n) is 8.40. The molecule has 0 radical (unpaired) electrons. The monoisotopic (exact) mass is 418 g/mol. The fourth-order valence-corrected chi connectivity index (χ4v) is 4.79. The number of benzene rings is 1. The van der Waals surface area contributed by atoms with Crippen molar-refractivity contribution in [2.24, 2.45) is 17.6 Å². The lowest BCUT2D eigenvalue weighted by Gasteiger charge is -2.16. The molecular formula is C22H22N6O3. The average Bonchev–Trinajstić information content (AvgIpc) is 3.36. The van der Waals surface area contributed by atoms with Crippen LogP contribution in [-0.4, -0.2) is 51.9 Å². The summed E-state index contributed by atoms with van der Waals surface area (Å²) in [7, 11) is 0. The fraction of sp³-hybridized carbons (Fsp3) is 0.364. The number of nitrogens with two attached hydrogens (primary N) is 1. The smallest absolute Gasteiger partial charge is 0.414 e. The molecule has 4 heterocycles. The van der Waals surface area contributed by atoms with E-state index in [2.05, 4.69) is 21.4 Å². The van der Waals surface area contributed by atoms with Gasteiger partial charge in [0.1, 0.15) is 6.10 Å². The van der Waals surface area contributed by atoms with Crippen LogP contribution in [0.1, 0.15) is 5.69 Å². The third-order valence-electron chi connectivity index (χ3n) is 6.65. The van der Waals surface area contributed by atoms with E-state index in [1.807, 2.05) is 36.5 Å². The summed E-state index contributed by atoms with van der Waals surface area (Å²) in [5.41, 5.74) is 10.00. The number of pyridine rings is 1. The van der Waals surface area contributed by atoms with E-state index in [0.717, 1.165) is 35.7 Å². The highest BCUT2D eigenvalue weighted by molar-refractivity contribution is 5.90. The topological polar surface area (TPSA) is 108 Å². The summed E-state index contributed by atoms with van der Waals surface area (Å²) >= 11 is 0. The SMILES string of the molecule is NC1(c2ccc(-c3ccc(N4C[C@H](Cn5ccnn5)OC4=O)cc3)cn2)C2COCC21. The molecule has 2 aromatic heterocycles. The molecule has 0 spiro atoms. The van der Waals surface area contributed by atoms with Gasteiger partial charge >= 0.3 is 6.09 Å². The highest BCUT2D eigenvalue weighted by Crippen LogP contribution is 2.58. The van der Waals surface area contributed by atoms with Crippen LogP contribution in [0.25, 0.3) is 11.1 Å². The molecule has 3 aromatic rings. The van der Waals surface area contributed by atoms with Gasteiger partial charge in [-0.3, -0.25) is 9.88 Å². The lowest BCUT2D eigenvalue weighted by molar-refractivity contribution is 0.129. The fourth-order valence-electron chi connectivity index (χ4n) is 4.79. The van der Waals surface area contributed by atoms with E-state index < -0.39 is 0 Å².